The molecule has 14 heavy (non-hydrogen) atoms. The molecule has 1 saturated carbocycles. The molecular formula is C11H20N2O. The normalized spacial score (nSPS) is 28.1. The van der Waals surface area contributed by atoms with E-state index in [0.717, 1.165) is 19.5 Å². The van der Waals surface area contributed by atoms with Crippen LogP contribution in [0.5, 0.6) is 0 Å². The van der Waals surface area contributed by atoms with E-state index in [1.165, 1.54) is 32.1 Å². The molecule has 1 heterocycles. The topological polar surface area (TPSA) is 41.1 Å². The van der Waals surface area contributed by atoms with Crippen molar-refractivity contribution < 1.29 is 4.79 Å². The van der Waals surface area contributed by atoms with Gasteiger partial charge in [0.25, 0.3) is 0 Å². The fourth-order valence-corrected chi connectivity index (χ4v) is 2.04. The third-order valence-electron chi connectivity index (χ3n) is 3.07. The van der Waals surface area contributed by atoms with Gasteiger partial charge >= 0.3 is 0 Å². The second-order valence-electron chi connectivity index (χ2n) is 4.61. The SMILES string of the molecule is O=C(CC1CCCCNC1)NC1CC1. The molecule has 0 spiro atoms. The monoisotopic (exact) mass is 196 g/mol. The molecule has 1 saturated heterocycles. The minimum atomic E-state index is 0.265. The van der Waals surface area contributed by atoms with Crippen molar-refractivity contribution in [3.63, 3.8) is 0 Å². The molecule has 2 fully saturated rings. The van der Waals surface area contributed by atoms with Gasteiger partial charge in [0, 0.05) is 12.5 Å². The van der Waals surface area contributed by atoms with E-state index in [-0.39, 0.29) is 5.91 Å². The van der Waals surface area contributed by atoms with Gasteiger partial charge in [0.1, 0.15) is 0 Å². The van der Waals surface area contributed by atoms with Crippen molar-refractivity contribution in [2.75, 3.05) is 13.1 Å². The quantitative estimate of drug-likeness (QED) is 0.708. The van der Waals surface area contributed by atoms with Crippen LogP contribution in [0.1, 0.15) is 38.5 Å². The molecule has 3 heteroatoms. The third kappa shape index (κ3) is 3.29. The molecule has 0 aromatic heterocycles. The summed E-state index contributed by atoms with van der Waals surface area (Å²) in [6.45, 7) is 2.15. The highest BCUT2D eigenvalue weighted by Crippen LogP contribution is 2.20. The zero-order valence-electron chi connectivity index (χ0n) is 8.72. The van der Waals surface area contributed by atoms with Crippen molar-refractivity contribution in [1.82, 2.24) is 10.6 Å². The summed E-state index contributed by atoms with van der Waals surface area (Å²) in [5, 5.41) is 6.45. The van der Waals surface area contributed by atoms with Crippen LogP contribution in [0, 0.1) is 5.92 Å². The molecule has 2 aliphatic rings. The van der Waals surface area contributed by atoms with Gasteiger partial charge in [-0.25, -0.2) is 0 Å². The molecule has 80 valence electrons. The van der Waals surface area contributed by atoms with Crippen LogP contribution in [0.4, 0.5) is 0 Å². The zero-order chi connectivity index (χ0) is 9.80. The molecule has 1 atom stereocenters. The number of carbonyl (C=O) groups is 1. The lowest BCUT2D eigenvalue weighted by Gasteiger charge is -2.13. The molecule has 1 unspecified atom stereocenters. The highest BCUT2D eigenvalue weighted by atomic mass is 16.1. The first kappa shape index (κ1) is 9.97. The summed E-state index contributed by atoms with van der Waals surface area (Å²) in [7, 11) is 0. The van der Waals surface area contributed by atoms with Gasteiger partial charge in [0.15, 0.2) is 0 Å². The number of hydrogen-bond acceptors (Lipinski definition) is 2. The van der Waals surface area contributed by atoms with Crippen molar-refractivity contribution >= 4 is 5.91 Å². The Kier molecular flexibility index (Phi) is 3.40. The largest absolute Gasteiger partial charge is 0.353 e. The molecule has 1 amide bonds. The van der Waals surface area contributed by atoms with Gasteiger partial charge in [-0.1, -0.05) is 6.42 Å². The summed E-state index contributed by atoms with van der Waals surface area (Å²) < 4.78 is 0. The lowest BCUT2D eigenvalue weighted by molar-refractivity contribution is -0.122. The van der Waals surface area contributed by atoms with Gasteiger partial charge in [-0.2, -0.15) is 0 Å². The van der Waals surface area contributed by atoms with Gasteiger partial charge < -0.3 is 10.6 Å². The average Bonchev–Trinajstić information content (AvgIpc) is 2.93. The summed E-state index contributed by atoms with van der Waals surface area (Å²) in [4.78, 5) is 11.5. The number of carbonyl (C=O) groups excluding carboxylic acids is 1. The summed E-state index contributed by atoms with van der Waals surface area (Å²) >= 11 is 0. The summed E-state index contributed by atoms with van der Waals surface area (Å²) in [6, 6.07) is 0.515. The van der Waals surface area contributed by atoms with Gasteiger partial charge in [0.2, 0.25) is 5.91 Å². The number of amides is 1. The van der Waals surface area contributed by atoms with Gasteiger partial charge in [-0.15, -0.1) is 0 Å². The summed E-state index contributed by atoms with van der Waals surface area (Å²) in [6.07, 6.45) is 6.85. The smallest absolute Gasteiger partial charge is 0.220 e. The maximum absolute atomic E-state index is 11.5. The molecule has 0 radical (unpaired) electrons. The van der Waals surface area contributed by atoms with Crippen molar-refractivity contribution in [2.45, 2.75) is 44.6 Å². The Morgan fingerprint density at radius 3 is 2.93 bits per heavy atom. The first-order valence-electron chi connectivity index (χ1n) is 5.84. The Labute approximate surface area is 85.6 Å². The third-order valence-corrected chi connectivity index (χ3v) is 3.07. The fourth-order valence-electron chi connectivity index (χ4n) is 2.04. The van der Waals surface area contributed by atoms with E-state index in [1.54, 1.807) is 0 Å². The van der Waals surface area contributed by atoms with Crippen LogP contribution in [0.2, 0.25) is 0 Å². The molecule has 1 aliphatic carbocycles. The van der Waals surface area contributed by atoms with E-state index in [4.69, 9.17) is 0 Å². The molecule has 2 N–H and O–H groups in total. The van der Waals surface area contributed by atoms with Gasteiger partial charge in [-0.3, -0.25) is 4.79 Å². The van der Waals surface area contributed by atoms with Crippen LogP contribution < -0.4 is 10.6 Å². The van der Waals surface area contributed by atoms with E-state index in [1.807, 2.05) is 0 Å². The van der Waals surface area contributed by atoms with Crippen LogP contribution >= 0.6 is 0 Å². The van der Waals surface area contributed by atoms with E-state index >= 15 is 0 Å². The van der Waals surface area contributed by atoms with Crippen molar-refractivity contribution in [2.24, 2.45) is 5.92 Å². The second kappa shape index (κ2) is 4.78. The molecule has 0 aromatic carbocycles. The molecular weight excluding hydrogens is 176 g/mol. The second-order valence-corrected chi connectivity index (χ2v) is 4.61. The van der Waals surface area contributed by atoms with Crippen LogP contribution in [-0.4, -0.2) is 25.0 Å². The Bertz CT molecular complexity index is 193. The van der Waals surface area contributed by atoms with E-state index in [0.29, 0.717) is 12.0 Å². The fraction of sp³-hybridized carbons (Fsp3) is 0.909. The maximum atomic E-state index is 11.5. The minimum Gasteiger partial charge on any atom is -0.353 e. The molecule has 2 rings (SSSR count). The highest BCUT2D eigenvalue weighted by molar-refractivity contribution is 5.76. The predicted molar refractivity (Wildman–Crippen MR) is 56.0 cm³/mol. The number of hydrogen-bond donors (Lipinski definition) is 2. The van der Waals surface area contributed by atoms with Crippen LogP contribution in [0.15, 0.2) is 0 Å². The van der Waals surface area contributed by atoms with E-state index < -0.39 is 0 Å². The lowest BCUT2D eigenvalue weighted by atomic mass is 9.99. The first-order valence-corrected chi connectivity index (χ1v) is 5.84. The van der Waals surface area contributed by atoms with Crippen LogP contribution in [-0.2, 0) is 4.79 Å². The lowest BCUT2D eigenvalue weighted by Crippen LogP contribution is -2.30. The number of nitrogens with one attached hydrogen (secondary N) is 2. The zero-order valence-corrected chi connectivity index (χ0v) is 8.72. The van der Waals surface area contributed by atoms with Crippen molar-refractivity contribution in [1.29, 1.82) is 0 Å². The Morgan fingerprint density at radius 2 is 2.14 bits per heavy atom. The van der Waals surface area contributed by atoms with Gasteiger partial charge in [0.05, 0.1) is 0 Å². The minimum absolute atomic E-state index is 0.265. The Morgan fingerprint density at radius 1 is 1.29 bits per heavy atom. The Balaban J connectivity index is 1.68. The standard InChI is InChI=1S/C11H20N2O/c14-11(13-10-4-5-10)7-9-3-1-2-6-12-8-9/h9-10,12H,1-8H2,(H,13,14). The van der Waals surface area contributed by atoms with Crippen LogP contribution in [0.3, 0.4) is 0 Å². The molecule has 1 aliphatic heterocycles. The summed E-state index contributed by atoms with van der Waals surface area (Å²) in [5.41, 5.74) is 0. The number of rotatable bonds is 3. The van der Waals surface area contributed by atoms with Crippen LogP contribution in [0.25, 0.3) is 0 Å². The van der Waals surface area contributed by atoms with E-state index in [2.05, 4.69) is 10.6 Å². The van der Waals surface area contributed by atoms with E-state index in [9.17, 15) is 4.79 Å². The first-order chi connectivity index (χ1) is 6.84. The van der Waals surface area contributed by atoms with Crippen molar-refractivity contribution in [3.8, 4) is 0 Å². The average molecular weight is 196 g/mol. The predicted octanol–water partition coefficient (Wildman–Crippen LogP) is 1.04. The summed E-state index contributed by atoms with van der Waals surface area (Å²) in [5.74, 6) is 0.831. The molecule has 0 aromatic rings. The molecule has 0 bridgehead atoms. The maximum Gasteiger partial charge on any atom is 0.220 e. The van der Waals surface area contributed by atoms with Gasteiger partial charge in [-0.05, 0) is 44.7 Å². The molecule has 3 nitrogen and oxygen atoms in total. The highest BCUT2D eigenvalue weighted by Gasteiger charge is 2.24. The Hall–Kier alpha value is -0.570. The van der Waals surface area contributed by atoms with Crippen molar-refractivity contribution in [3.05, 3.63) is 0 Å².